The van der Waals surface area contributed by atoms with Crippen molar-refractivity contribution >= 4 is 28.0 Å². The first-order valence-electron chi connectivity index (χ1n) is 7.26. The van der Waals surface area contributed by atoms with Gasteiger partial charge >= 0.3 is 21.3 Å². The van der Waals surface area contributed by atoms with Crippen molar-refractivity contribution in [3.05, 3.63) is 57.1 Å². The van der Waals surface area contributed by atoms with E-state index in [0.29, 0.717) is 5.56 Å². The fourth-order valence-corrected chi connectivity index (χ4v) is 2.85. The van der Waals surface area contributed by atoms with Crippen LogP contribution in [0.15, 0.2) is 30.3 Å². The summed E-state index contributed by atoms with van der Waals surface area (Å²) in [6.45, 7) is 0. The smallest absolute Gasteiger partial charge is 0.455 e. The van der Waals surface area contributed by atoms with Crippen LogP contribution in [0.3, 0.4) is 0 Å². The summed E-state index contributed by atoms with van der Waals surface area (Å²) in [5.41, 5.74) is -7.35. The molecule has 0 radical (unpaired) electrons. The van der Waals surface area contributed by atoms with Gasteiger partial charge in [-0.25, -0.2) is 0 Å². The maximum Gasteiger partial charge on any atom is 0.534 e. The molecule has 0 unspecified atom stereocenters. The molecule has 0 N–H and O–H groups in total. The maximum absolute atomic E-state index is 12.7. The van der Waals surface area contributed by atoms with Crippen LogP contribution in [0.5, 0.6) is 17.2 Å². The van der Waals surface area contributed by atoms with Crippen LogP contribution < -0.4 is 8.92 Å². The van der Waals surface area contributed by atoms with Gasteiger partial charge in [0.25, 0.3) is 0 Å². The van der Waals surface area contributed by atoms with E-state index in [2.05, 4.69) is 4.18 Å². The van der Waals surface area contributed by atoms with E-state index in [0.717, 1.165) is 6.07 Å². The highest BCUT2D eigenvalue weighted by molar-refractivity contribution is 7.88. The van der Waals surface area contributed by atoms with Gasteiger partial charge in [0.2, 0.25) is 5.75 Å². The molecule has 1 heterocycles. The molecule has 0 fully saturated rings. The lowest BCUT2D eigenvalue weighted by Crippen LogP contribution is -2.28. The van der Waals surface area contributed by atoms with Crippen molar-refractivity contribution in [3.63, 3.8) is 0 Å². The number of nitrogens with zero attached hydrogens (tertiary/aromatic N) is 2. The Bertz CT molecular complexity index is 1170. The first-order valence-corrected chi connectivity index (χ1v) is 8.67. The second-order valence-electron chi connectivity index (χ2n) is 5.34. The Hall–Kier alpha value is -3.59. The number of halogens is 3. The van der Waals surface area contributed by atoms with Gasteiger partial charge in [0.15, 0.2) is 5.75 Å². The molecule has 28 heavy (non-hydrogen) atoms. The third-order valence-corrected chi connectivity index (χ3v) is 4.55. The van der Waals surface area contributed by atoms with Crippen LogP contribution in [0.4, 0.5) is 18.9 Å². The zero-order valence-corrected chi connectivity index (χ0v) is 14.2. The second kappa shape index (κ2) is 6.54. The number of ether oxygens (including phenoxy) is 1. The van der Waals surface area contributed by atoms with E-state index in [9.17, 15) is 37.0 Å². The molecule has 0 saturated carbocycles. The summed E-state index contributed by atoms with van der Waals surface area (Å²) in [7, 11) is -6.26. The lowest BCUT2D eigenvalue weighted by atomic mass is 10.1. The van der Waals surface area contributed by atoms with E-state index in [1.807, 2.05) is 0 Å². The van der Waals surface area contributed by atoms with E-state index in [1.165, 1.54) is 24.3 Å². The monoisotopic (exact) mass is 412 g/mol. The Morgan fingerprint density at radius 3 is 2.43 bits per heavy atom. The number of benzene rings is 2. The van der Waals surface area contributed by atoms with Gasteiger partial charge in [0, 0.05) is 17.2 Å². The van der Waals surface area contributed by atoms with Crippen molar-refractivity contribution in [1.29, 1.82) is 5.26 Å². The summed E-state index contributed by atoms with van der Waals surface area (Å²) in [5, 5.41) is 20.7. The number of alkyl halides is 3. The highest BCUT2D eigenvalue weighted by Crippen LogP contribution is 2.45. The van der Waals surface area contributed by atoms with Crippen LogP contribution in [0.25, 0.3) is 12.2 Å². The summed E-state index contributed by atoms with van der Waals surface area (Å²) in [6, 6.07) is 8.57. The molecule has 2 aromatic rings. The predicted octanol–water partition coefficient (Wildman–Crippen LogP) is 3.97. The van der Waals surface area contributed by atoms with Crippen LogP contribution in [0, 0.1) is 21.4 Å². The zero-order chi connectivity index (χ0) is 20.7. The number of fused-ring (bicyclic) bond motifs is 2. The summed E-state index contributed by atoms with van der Waals surface area (Å²) in [5.74, 6) is -1.55. The number of nitriles is 1. The third-order valence-electron chi connectivity index (χ3n) is 3.60. The molecule has 0 amide bonds. The topological polar surface area (TPSA) is 120 Å². The average molecular weight is 412 g/mol. The quantitative estimate of drug-likeness (QED) is 0.276. The molecule has 1 aliphatic heterocycles. The van der Waals surface area contributed by atoms with Crippen molar-refractivity contribution in [2.24, 2.45) is 0 Å². The largest absolute Gasteiger partial charge is 0.534 e. The van der Waals surface area contributed by atoms with Crippen molar-refractivity contribution in [2.75, 3.05) is 0 Å². The van der Waals surface area contributed by atoms with E-state index in [4.69, 9.17) is 4.74 Å². The van der Waals surface area contributed by atoms with Crippen molar-refractivity contribution in [1.82, 2.24) is 0 Å². The molecule has 3 rings (SSSR count). The van der Waals surface area contributed by atoms with Crippen LogP contribution >= 0.6 is 0 Å². The fraction of sp³-hybridized carbons (Fsp3) is 0.0625. The van der Waals surface area contributed by atoms with Crippen molar-refractivity contribution < 1.29 is 35.4 Å². The minimum absolute atomic E-state index is 0.0174. The second-order valence-corrected chi connectivity index (χ2v) is 6.88. The van der Waals surface area contributed by atoms with Crippen LogP contribution in [0.1, 0.15) is 16.7 Å². The molecule has 0 atom stereocenters. The molecule has 0 bridgehead atoms. The molecular formula is C16H7F3N2O6S. The van der Waals surface area contributed by atoms with E-state index < -0.39 is 37.6 Å². The number of hydrogen-bond acceptors (Lipinski definition) is 7. The predicted molar refractivity (Wildman–Crippen MR) is 88.9 cm³/mol. The summed E-state index contributed by atoms with van der Waals surface area (Å²) < 4.78 is 70.3. The molecule has 2 aromatic carbocycles. The van der Waals surface area contributed by atoms with Gasteiger partial charge in [-0.3, -0.25) is 10.1 Å². The van der Waals surface area contributed by atoms with Crippen LogP contribution in [-0.2, 0) is 10.1 Å². The SMILES string of the molecule is N#Cc1c2c(cc([N+](=O)[O-])c1OS(=O)(=O)C(F)(F)F)C=Cc1ccccc1O2. The Kier molecular flexibility index (Phi) is 4.48. The Balaban J connectivity index is 2.29. The Morgan fingerprint density at radius 2 is 1.82 bits per heavy atom. The molecule has 8 nitrogen and oxygen atoms in total. The fourth-order valence-electron chi connectivity index (χ4n) is 2.37. The molecule has 144 valence electrons. The van der Waals surface area contributed by atoms with Gasteiger partial charge < -0.3 is 8.92 Å². The van der Waals surface area contributed by atoms with Gasteiger partial charge in [-0.1, -0.05) is 30.4 Å². The summed E-state index contributed by atoms with van der Waals surface area (Å²) >= 11 is 0. The number of nitro benzene ring substituents is 1. The summed E-state index contributed by atoms with van der Waals surface area (Å²) in [6.07, 6.45) is 2.86. The highest BCUT2D eigenvalue weighted by Gasteiger charge is 2.50. The average Bonchev–Trinajstić information content (AvgIpc) is 2.78. The first kappa shape index (κ1) is 19.2. The van der Waals surface area contributed by atoms with Gasteiger partial charge in [0.1, 0.15) is 17.4 Å². The molecule has 0 aliphatic carbocycles. The molecule has 0 saturated heterocycles. The highest BCUT2D eigenvalue weighted by atomic mass is 32.2. The van der Waals surface area contributed by atoms with E-state index in [1.54, 1.807) is 18.2 Å². The Labute approximate surface area is 155 Å². The molecule has 0 aromatic heterocycles. The van der Waals surface area contributed by atoms with Gasteiger partial charge in [-0.2, -0.15) is 26.9 Å². The standard InChI is InChI=1S/C16H7F3N2O6S/c17-16(18,19)28(24,25)27-15-11(8-20)14-10(7-12(15)21(22)23)6-5-9-3-1-2-4-13(9)26-14/h1-7H. The zero-order valence-electron chi connectivity index (χ0n) is 13.4. The van der Waals surface area contributed by atoms with E-state index >= 15 is 0 Å². The van der Waals surface area contributed by atoms with Gasteiger partial charge in [0.05, 0.1) is 4.92 Å². The maximum atomic E-state index is 12.7. The normalized spacial score (nSPS) is 12.8. The third kappa shape index (κ3) is 3.23. The molecule has 1 aliphatic rings. The molecule has 12 heteroatoms. The Morgan fingerprint density at radius 1 is 1.18 bits per heavy atom. The first-order chi connectivity index (χ1) is 13.0. The number of rotatable bonds is 3. The minimum Gasteiger partial charge on any atom is -0.455 e. The van der Waals surface area contributed by atoms with E-state index in [-0.39, 0.29) is 17.1 Å². The van der Waals surface area contributed by atoms with Crippen molar-refractivity contribution in [2.45, 2.75) is 5.51 Å². The van der Waals surface area contributed by atoms with Gasteiger partial charge in [-0.05, 0) is 6.07 Å². The number of nitro groups is 1. The van der Waals surface area contributed by atoms with Crippen molar-refractivity contribution in [3.8, 4) is 23.3 Å². The lowest BCUT2D eigenvalue weighted by molar-refractivity contribution is -0.385. The molecule has 0 spiro atoms. The lowest BCUT2D eigenvalue weighted by Gasteiger charge is -2.15. The van der Waals surface area contributed by atoms with Crippen LogP contribution in [0.2, 0.25) is 0 Å². The summed E-state index contributed by atoms with van der Waals surface area (Å²) in [4.78, 5) is 10.1. The number of para-hydroxylation sites is 1. The molecular weight excluding hydrogens is 405 g/mol. The minimum atomic E-state index is -6.26. The van der Waals surface area contributed by atoms with Crippen LogP contribution in [-0.4, -0.2) is 18.8 Å². The number of hydrogen-bond donors (Lipinski definition) is 0. The van der Waals surface area contributed by atoms with Gasteiger partial charge in [-0.15, -0.1) is 0 Å².